The first-order valence-corrected chi connectivity index (χ1v) is 10.0. The van der Waals surface area contributed by atoms with Crippen molar-refractivity contribution in [2.75, 3.05) is 0 Å². The predicted molar refractivity (Wildman–Crippen MR) is 108 cm³/mol. The molecule has 0 spiro atoms. The minimum absolute atomic E-state index is 0.000259. The zero-order valence-corrected chi connectivity index (χ0v) is 17.0. The zero-order valence-electron chi connectivity index (χ0n) is 16.1. The van der Waals surface area contributed by atoms with Gasteiger partial charge in [-0.3, -0.25) is 4.79 Å². The Bertz CT molecular complexity index is 925. The van der Waals surface area contributed by atoms with Gasteiger partial charge < -0.3 is 5.32 Å². The fraction of sp³-hybridized carbons (Fsp3) is 0.400. The molecule has 0 bridgehead atoms. The molecule has 3 rings (SSSR count). The van der Waals surface area contributed by atoms with Gasteiger partial charge in [-0.05, 0) is 52.2 Å². The van der Waals surface area contributed by atoms with Gasteiger partial charge in [0.15, 0.2) is 0 Å². The maximum Gasteiger partial charge on any atom is 0.253 e. The van der Waals surface area contributed by atoms with Crippen LogP contribution in [0, 0.1) is 13.8 Å². The van der Waals surface area contributed by atoms with Crippen LogP contribution < -0.4 is 5.32 Å². The number of amides is 1. The molecule has 142 valence electrons. The number of aromatic nitrogens is 4. The van der Waals surface area contributed by atoms with Gasteiger partial charge >= 0.3 is 0 Å². The number of thioether (sulfide) groups is 1. The van der Waals surface area contributed by atoms with Crippen LogP contribution in [0.5, 0.6) is 0 Å². The molecule has 2 aromatic heterocycles. The van der Waals surface area contributed by atoms with Gasteiger partial charge in [0.05, 0.1) is 5.25 Å². The van der Waals surface area contributed by atoms with Gasteiger partial charge in [-0.25, -0.2) is 9.50 Å². The number of benzene rings is 1. The van der Waals surface area contributed by atoms with Gasteiger partial charge in [0, 0.05) is 17.4 Å². The third-order valence-corrected chi connectivity index (χ3v) is 5.30. The number of fused-ring (bicyclic) bond motifs is 1. The van der Waals surface area contributed by atoms with Crippen molar-refractivity contribution >= 4 is 23.4 Å². The summed E-state index contributed by atoms with van der Waals surface area (Å²) in [7, 11) is 0. The average molecular weight is 384 g/mol. The Morgan fingerprint density at radius 1 is 1.19 bits per heavy atom. The normalized spacial score (nSPS) is 13.5. The zero-order chi connectivity index (χ0) is 19.4. The Hall–Kier alpha value is -2.41. The molecular weight excluding hydrogens is 358 g/mol. The van der Waals surface area contributed by atoms with E-state index in [1.54, 1.807) is 4.52 Å². The summed E-state index contributed by atoms with van der Waals surface area (Å²) >= 11 is 1.35. The summed E-state index contributed by atoms with van der Waals surface area (Å²) in [5, 5.41) is 7.83. The Morgan fingerprint density at radius 2 is 1.93 bits per heavy atom. The standard InChI is InChI=1S/C20H25N5OS/c1-13(10-11-17-8-6-5-7-9-17)21-18(26)16(4)27-20-23-19-22-14(2)12-15(3)25(19)24-20/h5-9,12-13,16H,10-11H2,1-4H3,(H,21,26)/t13-,16-/m0/s1. The van der Waals surface area contributed by atoms with Crippen LogP contribution in [0.3, 0.4) is 0 Å². The average Bonchev–Trinajstić information content (AvgIpc) is 3.03. The minimum Gasteiger partial charge on any atom is -0.353 e. The Morgan fingerprint density at radius 3 is 2.67 bits per heavy atom. The maximum absolute atomic E-state index is 12.5. The highest BCUT2D eigenvalue weighted by atomic mass is 32.2. The summed E-state index contributed by atoms with van der Waals surface area (Å²) in [6.45, 7) is 7.81. The van der Waals surface area contributed by atoms with Crippen molar-refractivity contribution in [3.63, 3.8) is 0 Å². The van der Waals surface area contributed by atoms with Gasteiger partial charge in [-0.2, -0.15) is 4.98 Å². The van der Waals surface area contributed by atoms with Gasteiger partial charge in [0.25, 0.3) is 5.78 Å². The molecule has 3 aromatic rings. The number of aryl methyl sites for hydroxylation is 3. The first-order valence-electron chi connectivity index (χ1n) is 9.14. The van der Waals surface area contributed by atoms with Gasteiger partial charge in [0.2, 0.25) is 11.1 Å². The van der Waals surface area contributed by atoms with E-state index in [2.05, 4.69) is 32.5 Å². The Kier molecular flexibility index (Phi) is 6.11. The second-order valence-electron chi connectivity index (χ2n) is 6.84. The summed E-state index contributed by atoms with van der Waals surface area (Å²) in [6, 6.07) is 12.4. The lowest BCUT2D eigenvalue weighted by Crippen LogP contribution is -2.37. The largest absolute Gasteiger partial charge is 0.353 e. The monoisotopic (exact) mass is 383 g/mol. The van der Waals surface area contributed by atoms with Crippen molar-refractivity contribution in [3.8, 4) is 0 Å². The SMILES string of the molecule is Cc1cc(C)n2nc(S[C@@H](C)C(=O)N[C@@H](C)CCc3ccccc3)nc2n1. The molecule has 7 heteroatoms. The van der Waals surface area contributed by atoms with Crippen molar-refractivity contribution in [1.29, 1.82) is 0 Å². The number of nitrogens with one attached hydrogen (secondary N) is 1. The lowest BCUT2D eigenvalue weighted by Gasteiger charge is -2.16. The van der Waals surface area contributed by atoms with Crippen LogP contribution in [0.4, 0.5) is 0 Å². The van der Waals surface area contributed by atoms with Crippen molar-refractivity contribution in [3.05, 3.63) is 53.3 Å². The van der Waals surface area contributed by atoms with Crippen molar-refractivity contribution in [2.45, 2.75) is 57.0 Å². The number of carbonyl (C=O) groups is 1. The molecular formula is C20H25N5OS. The fourth-order valence-electron chi connectivity index (χ4n) is 2.87. The van der Waals surface area contributed by atoms with Crippen LogP contribution in [0.1, 0.15) is 37.2 Å². The first kappa shape index (κ1) is 19.4. The number of nitrogens with zero attached hydrogens (tertiary/aromatic N) is 4. The molecule has 27 heavy (non-hydrogen) atoms. The van der Waals surface area contributed by atoms with E-state index < -0.39 is 0 Å². The van der Waals surface area contributed by atoms with E-state index in [-0.39, 0.29) is 17.2 Å². The van der Waals surface area contributed by atoms with Crippen LogP contribution in [-0.4, -0.2) is 36.8 Å². The van der Waals surface area contributed by atoms with Crippen LogP contribution in [-0.2, 0) is 11.2 Å². The first-order chi connectivity index (χ1) is 12.9. The fourth-order valence-corrected chi connectivity index (χ4v) is 3.62. The molecule has 0 radical (unpaired) electrons. The second-order valence-corrected chi connectivity index (χ2v) is 8.15. The van der Waals surface area contributed by atoms with Gasteiger partial charge in [-0.1, -0.05) is 42.1 Å². The molecule has 2 heterocycles. The molecule has 0 aliphatic carbocycles. The molecule has 0 unspecified atom stereocenters. The summed E-state index contributed by atoms with van der Waals surface area (Å²) in [6.07, 6.45) is 1.85. The van der Waals surface area contributed by atoms with Crippen molar-refractivity contribution in [2.24, 2.45) is 0 Å². The number of hydrogen-bond acceptors (Lipinski definition) is 5. The van der Waals surface area contributed by atoms with Crippen molar-refractivity contribution in [1.82, 2.24) is 24.9 Å². The smallest absolute Gasteiger partial charge is 0.253 e. The molecule has 0 saturated heterocycles. The molecule has 6 nitrogen and oxygen atoms in total. The van der Waals surface area contributed by atoms with Crippen LogP contribution in [0.15, 0.2) is 41.6 Å². The minimum atomic E-state index is -0.275. The highest BCUT2D eigenvalue weighted by Crippen LogP contribution is 2.21. The van der Waals surface area contributed by atoms with Gasteiger partial charge in [0.1, 0.15) is 0 Å². The lowest BCUT2D eigenvalue weighted by molar-refractivity contribution is -0.120. The lowest BCUT2D eigenvalue weighted by atomic mass is 10.1. The molecule has 0 fully saturated rings. The molecule has 1 N–H and O–H groups in total. The summed E-state index contributed by atoms with van der Waals surface area (Å²) in [5.41, 5.74) is 3.17. The predicted octanol–water partition coefficient (Wildman–Crippen LogP) is 3.36. The number of rotatable bonds is 7. The summed E-state index contributed by atoms with van der Waals surface area (Å²) in [5.74, 6) is 0.569. The molecule has 1 aromatic carbocycles. The van der Waals surface area contributed by atoms with E-state index >= 15 is 0 Å². The number of carbonyl (C=O) groups excluding carboxylic acids is 1. The van der Waals surface area contributed by atoms with E-state index in [4.69, 9.17) is 0 Å². The molecule has 0 saturated carbocycles. The molecule has 0 aliphatic rings. The summed E-state index contributed by atoms with van der Waals surface area (Å²) < 4.78 is 1.71. The quantitative estimate of drug-likeness (QED) is 0.634. The van der Waals surface area contributed by atoms with Crippen molar-refractivity contribution < 1.29 is 4.79 Å². The third kappa shape index (κ3) is 5.07. The van der Waals surface area contributed by atoms with E-state index in [1.807, 2.05) is 52.0 Å². The Balaban J connectivity index is 1.55. The Labute approximate surface area is 163 Å². The summed E-state index contributed by atoms with van der Waals surface area (Å²) in [4.78, 5) is 21.3. The molecule has 1 amide bonds. The van der Waals surface area contributed by atoms with E-state index in [0.717, 1.165) is 24.2 Å². The highest BCUT2D eigenvalue weighted by molar-refractivity contribution is 8.00. The van der Waals surface area contributed by atoms with E-state index in [9.17, 15) is 4.79 Å². The second kappa shape index (κ2) is 8.52. The van der Waals surface area contributed by atoms with E-state index in [1.165, 1.54) is 17.3 Å². The maximum atomic E-state index is 12.5. The highest BCUT2D eigenvalue weighted by Gasteiger charge is 2.19. The van der Waals surface area contributed by atoms with Crippen LogP contribution in [0.2, 0.25) is 0 Å². The molecule has 2 atom stereocenters. The van der Waals surface area contributed by atoms with Crippen LogP contribution in [0.25, 0.3) is 5.78 Å². The third-order valence-electron chi connectivity index (χ3n) is 4.35. The number of hydrogen-bond donors (Lipinski definition) is 1. The van der Waals surface area contributed by atoms with Gasteiger partial charge in [-0.15, -0.1) is 5.10 Å². The molecule has 0 aliphatic heterocycles. The van der Waals surface area contributed by atoms with Crippen LogP contribution >= 0.6 is 11.8 Å². The topological polar surface area (TPSA) is 72.2 Å². The van der Waals surface area contributed by atoms with E-state index in [0.29, 0.717) is 10.9 Å².